The van der Waals surface area contributed by atoms with E-state index in [0.29, 0.717) is 5.75 Å². The summed E-state index contributed by atoms with van der Waals surface area (Å²) in [4.78, 5) is 0. The summed E-state index contributed by atoms with van der Waals surface area (Å²) in [5.74, 6) is 0.327. The maximum atomic E-state index is 11.8. The fourth-order valence-electron chi connectivity index (χ4n) is 2.17. The van der Waals surface area contributed by atoms with Gasteiger partial charge in [-0.1, -0.05) is 6.42 Å². The summed E-state index contributed by atoms with van der Waals surface area (Å²) in [7, 11) is -2.92. The summed E-state index contributed by atoms with van der Waals surface area (Å²) < 4.78 is 29.1. The molecule has 82 valence electrons. The first kappa shape index (κ1) is 10.4. The van der Waals surface area contributed by atoms with Gasteiger partial charge in [0.1, 0.15) is 11.5 Å². The van der Waals surface area contributed by atoms with Crippen molar-refractivity contribution in [1.82, 2.24) is 5.32 Å². The molecule has 2 fully saturated rings. The Labute approximate surface area is 84.9 Å². The lowest BCUT2D eigenvalue weighted by Crippen LogP contribution is -2.44. The molecule has 0 spiro atoms. The third kappa shape index (κ3) is 1.94. The minimum Gasteiger partial charge on any atom is -0.358 e. The molecule has 5 heteroatoms. The van der Waals surface area contributed by atoms with Crippen LogP contribution in [0.5, 0.6) is 0 Å². The van der Waals surface area contributed by atoms with Gasteiger partial charge in [0.05, 0.1) is 11.9 Å². The summed E-state index contributed by atoms with van der Waals surface area (Å²) in [5, 5.41) is 2.81. The molecular formula is C9H17NO3S. The van der Waals surface area contributed by atoms with Gasteiger partial charge in [0.25, 0.3) is 0 Å². The second-order valence-electron chi connectivity index (χ2n) is 4.18. The van der Waals surface area contributed by atoms with Crippen molar-refractivity contribution in [2.24, 2.45) is 0 Å². The fourth-order valence-corrected chi connectivity index (χ4v) is 4.14. The van der Waals surface area contributed by atoms with E-state index in [-0.39, 0.29) is 17.6 Å². The minimum atomic E-state index is -2.92. The molecule has 2 heterocycles. The third-order valence-corrected chi connectivity index (χ3v) is 5.21. The van der Waals surface area contributed by atoms with E-state index in [9.17, 15) is 8.42 Å². The molecular weight excluding hydrogens is 202 g/mol. The Bertz CT molecular complexity index is 301. The van der Waals surface area contributed by atoms with Gasteiger partial charge in [0, 0.05) is 6.54 Å². The number of hydrogen-bond acceptors (Lipinski definition) is 4. The van der Waals surface area contributed by atoms with Crippen molar-refractivity contribution in [3.63, 3.8) is 0 Å². The van der Waals surface area contributed by atoms with Crippen LogP contribution in [0.3, 0.4) is 0 Å². The first-order valence-electron chi connectivity index (χ1n) is 5.20. The lowest BCUT2D eigenvalue weighted by atomic mass is 10.2. The van der Waals surface area contributed by atoms with E-state index < -0.39 is 9.84 Å². The van der Waals surface area contributed by atoms with Crippen molar-refractivity contribution in [3.8, 4) is 0 Å². The zero-order chi connectivity index (χ0) is 10.2. The second-order valence-corrected chi connectivity index (χ2v) is 6.52. The summed E-state index contributed by atoms with van der Waals surface area (Å²) in [6.07, 6.45) is 2.42. The van der Waals surface area contributed by atoms with E-state index in [0.717, 1.165) is 25.8 Å². The quantitative estimate of drug-likeness (QED) is 0.688. The third-order valence-electron chi connectivity index (χ3n) is 2.95. The predicted molar refractivity (Wildman–Crippen MR) is 53.8 cm³/mol. The van der Waals surface area contributed by atoms with Crippen LogP contribution >= 0.6 is 0 Å². The van der Waals surface area contributed by atoms with Crippen molar-refractivity contribution in [2.75, 3.05) is 12.3 Å². The van der Waals surface area contributed by atoms with Crippen molar-refractivity contribution >= 4 is 9.84 Å². The SMILES string of the molecule is CC1CNC(C2CCCCS2(=O)=O)O1. The molecule has 0 aromatic heterocycles. The van der Waals surface area contributed by atoms with E-state index in [1.807, 2.05) is 6.92 Å². The highest BCUT2D eigenvalue weighted by Gasteiger charge is 2.39. The highest BCUT2D eigenvalue weighted by atomic mass is 32.2. The van der Waals surface area contributed by atoms with Crippen molar-refractivity contribution < 1.29 is 13.2 Å². The molecule has 2 aliphatic rings. The van der Waals surface area contributed by atoms with Crippen LogP contribution in [0.25, 0.3) is 0 Å². The molecule has 2 aliphatic heterocycles. The Balaban J connectivity index is 2.09. The molecule has 0 bridgehead atoms. The maximum Gasteiger partial charge on any atom is 0.157 e. The van der Waals surface area contributed by atoms with Crippen LogP contribution in [0.4, 0.5) is 0 Å². The lowest BCUT2D eigenvalue weighted by molar-refractivity contribution is 0.0462. The van der Waals surface area contributed by atoms with E-state index >= 15 is 0 Å². The first-order chi connectivity index (χ1) is 6.59. The molecule has 1 N–H and O–H groups in total. The van der Waals surface area contributed by atoms with Crippen LogP contribution in [-0.2, 0) is 14.6 Å². The number of sulfone groups is 1. The predicted octanol–water partition coefficient (Wildman–Crippen LogP) is 0.288. The van der Waals surface area contributed by atoms with Gasteiger partial charge in [-0.3, -0.25) is 5.32 Å². The Morgan fingerprint density at radius 3 is 2.71 bits per heavy atom. The largest absolute Gasteiger partial charge is 0.358 e. The molecule has 4 nitrogen and oxygen atoms in total. The summed E-state index contributed by atoms with van der Waals surface area (Å²) in [6.45, 7) is 2.72. The topological polar surface area (TPSA) is 55.4 Å². The number of ether oxygens (including phenoxy) is 1. The van der Waals surface area contributed by atoms with Gasteiger partial charge in [-0.05, 0) is 19.8 Å². The van der Waals surface area contributed by atoms with Crippen LogP contribution < -0.4 is 5.32 Å². The Hall–Kier alpha value is -0.130. The zero-order valence-electron chi connectivity index (χ0n) is 8.40. The highest BCUT2D eigenvalue weighted by Crippen LogP contribution is 2.25. The Morgan fingerprint density at radius 1 is 1.36 bits per heavy atom. The van der Waals surface area contributed by atoms with E-state index in [1.165, 1.54) is 0 Å². The molecule has 0 aromatic carbocycles. The molecule has 0 saturated carbocycles. The summed E-state index contributed by atoms with van der Waals surface area (Å²) >= 11 is 0. The van der Waals surface area contributed by atoms with Gasteiger partial charge in [-0.15, -0.1) is 0 Å². The number of rotatable bonds is 1. The average Bonchev–Trinajstić information content (AvgIpc) is 2.51. The normalized spacial score (nSPS) is 42.5. The number of nitrogens with one attached hydrogen (secondary N) is 1. The van der Waals surface area contributed by atoms with Gasteiger partial charge in [0.2, 0.25) is 0 Å². The maximum absolute atomic E-state index is 11.8. The second kappa shape index (κ2) is 3.79. The van der Waals surface area contributed by atoms with Gasteiger partial charge in [-0.25, -0.2) is 8.42 Å². The zero-order valence-corrected chi connectivity index (χ0v) is 9.22. The molecule has 0 amide bonds. The smallest absolute Gasteiger partial charge is 0.157 e. The van der Waals surface area contributed by atoms with Gasteiger partial charge >= 0.3 is 0 Å². The standard InChI is InChI=1S/C9H17NO3S/c1-7-6-10-9(13-7)8-4-2-3-5-14(8,11)12/h7-10H,2-6H2,1H3. The monoisotopic (exact) mass is 219 g/mol. The highest BCUT2D eigenvalue weighted by molar-refractivity contribution is 7.92. The Morgan fingerprint density at radius 2 is 2.14 bits per heavy atom. The van der Waals surface area contributed by atoms with Crippen LogP contribution in [-0.4, -0.2) is 38.3 Å². The molecule has 0 radical (unpaired) electrons. The molecule has 0 aliphatic carbocycles. The van der Waals surface area contributed by atoms with E-state index in [4.69, 9.17) is 4.74 Å². The molecule has 2 saturated heterocycles. The minimum absolute atomic E-state index is 0.136. The van der Waals surface area contributed by atoms with Crippen LogP contribution in [0, 0.1) is 0 Å². The molecule has 3 unspecified atom stereocenters. The summed E-state index contributed by atoms with van der Waals surface area (Å²) in [5.41, 5.74) is 0. The van der Waals surface area contributed by atoms with Gasteiger partial charge in [0.15, 0.2) is 9.84 Å². The van der Waals surface area contributed by atoms with E-state index in [1.54, 1.807) is 0 Å². The van der Waals surface area contributed by atoms with Gasteiger partial charge < -0.3 is 4.74 Å². The fraction of sp³-hybridized carbons (Fsp3) is 1.00. The molecule has 14 heavy (non-hydrogen) atoms. The van der Waals surface area contributed by atoms with Crippen LogP contribution in [0.2, 0.25) is 0 Å². The first-order valence-corrected chi connectivity index (χ1v) is 6.91. The average molecular weight is 219 g/mol. The molecule has 0 aromatic rings. The van der Waals surface area contributed by atoms with Crippen molar-refractivity contribution in [1.29, 1.82) is 0 Å². The van der Waals surface area contributed by atoms with E-state index in [2.05, 4.69) is 5.32 Å². The van der Waals surface area contributed by atoms with Gasteiger partial charge in [-0.2, -0.15) is 0 Å². The van der Waals surface area contributed by atoms with Crippen LogP contribution in [0.1, 0.15) is 26.2 Å². The number of hydrogen-bond donors (Lipinski definition) is 1. The van der Waals surface area contributed by atoms with Crippen LogP contribution in [0.15, 0.2) is 0 Å². The summed E-state index contributed by atoms with van der Waals surface area (Å²) in [6, 6.07) is 0. The molecule has 2 rings (SSSR count). The van der Waals surface area contributed by atoms with Crippen molar-refractivity contribution in [3.05, 3.63) is 0 Å². The Kier molecular flexibility index (Phi) is 2.81. The lowest BCUT2D eigenvalue weighted by Gasteiger charge is -2.26. The van der Waals surface area contributed by atoms with Crippen molar-refractivity contribution in [2.45, 2.75) is 43.8 Å². The molecule has 3 atom stereocenters.